The average Bonchev–Trinajstić information content (AvgIpc) is 3.64. The van der Waals surface area contributed by atoms with Crippen LogP contribution < -0.4 is 14.8 Å². The van der Waals surface area contributed by atoms with Gasteiger partial charge in [-0.1, -0.05) is 125 Å². The van der Waals surface area contributed by atoms with E-state index in [4.69, 9.17) is 38.4 Å². The van der Waals surface area contributed by atoms with E-state index >= 15 is 0 Å². The van der Waals surface area contributed by atoms with Crippen LogP contribution in [-0.4, -0.2) is 121 Å². The third-order valence-corrected chi connectivity index (χ3v) is 15.1. The number of fused-ring (bicyclic) bond motifs is 2. The van der Waals surface area contributed by atoms with Crippen molar-refractivity contribution in [1.29, 1.82) is 0 Å². The van der Waals surface area contributed by atoms with Gasteiger partial charge < -0.3 is 53.9 Å². The second kappa shape index (κ2) is 34.3. The standard InChI is InChI=1S/C61H86N4O14/c1-3-5-6-7-8-9-10-11-12-18-31-62-59(69)78-50-29-30-55-53(42-50)57-51(24-17-20-34-67)48(23-16-19-33-66)41-52-54(63-77-45-47-25-27-49(28-26-47)65(71)72)43-56(61(79-55,58(52)57)76-36-4-2)64(32-37-73-38-35-68)60(70)75-40-39-74-44-46-21-14-13-15-22-46/h4,13-15,21-22,25-30,41-42,48,51,56-58,66-68H,2-3,5-12,16-20,23-24,31-40,43-45H2,1H3,(H,62,69). The number of carbonyl (C=O) groups is 2. The first-order valence-corrected chi connectivity index (χ1v) is 28.8. The fourth-order valence-electron chi connectivity index (χ4n) is 11.3. The number of benzene rings is 3. The zero-order valence-corrected chi connectivity index (χ0v) is 46.4. The number of nitrogens with zero attached hydrogens (tertiary/aromatic N) is 3. The number of nitro benzene ring substituents is 1. The maximum Gasteiger partial charge on any atom is 0.412 e. The molecule has 0 radical (unpaired) electrons. The van der Waals surface area contributed by atoms with Gasteiger partial charge in [0.05, 0.1) is 56.2 Å². The number of nitrogens with one attached hydrogen (secondary N) is 1. The molecule has 18 nitrogen and oxygen atoms in total. The van der Waals surface area contributed by atoms with E-state index in [2.05, 4.69) is 24.9 Å². The third kappa shape index (κ3) is 18.6. The smallest absolute Gasteiger partial charge is 0.412 e. The normalized spacial score (nSPS) is 20.5. The molecule has 1 heterocycles. The van der Waals surface area contributed by atoms with Gasteiger partial charge in [-0.15, -0.1) is 6.58 Å². The molecule has 434 valence electrons. The van der Waals surface area contributed by atoms with E-state index in [-0.39, 0.29) is 90.0 Å². The molecule has 2 aliphatic carbocycles. The molecular weight excluding hydrogens is 1010 g/mol. The van der Waals surface area contributed by atoms with Crippen molar-refractivity contribution in [3.8, 4) is 11.5 Å². The van der Waals surface area contributed by atoms with Crippen LogP contribution in [0.15, 0.2) is 102 Å². The number of hydrogen-bond acceptors (Lipinski definition) is 15. The number of allylic oxidation sites excluding steroid dienone is 1. The molecule has 1 aliphatic heterocycles. The van der Waals surface area contributed by atoms with Gasteiger partial charge in [0.25, 0.3) is 5.69 Å². The SMILES string of the molecule is C=CCOC12Oc3ccc(OC(=O)NCCCCCCCCCCCC)cc3C3C(CCCCO)C(CCCCO)C=C(C(=NOCc4ccc([N+](=O)[O-])cc4)CC1N(CCOCCO)C(=O)OCCOCc1ccccc1)C32. The van der Waals surface area contributed by atoms with E-state index in [1.807, 2.05) is 36.4 Å². The minimum absolute atomic E-state index is 0.00703. The molecule has 6 atom stereocenters. The average molecular weight is 1100 g/mol. The lowest BCUT2D eigenvalue weighted by atomic mass is 9.55. The lowest BCUT2D eigenvalue weighted by Gasteiger charge is -2.59. The Balaban J connectivity index is 1.40. The molecule has 6 unspecified atom stereocenters. The summed E-state index contributed by atoms with van der Waals surface area (Å²) in [6, 6.07) is 20.1. The van der Waals surface area contributed by atoms with Crippen molar-refractivity contribution in [2.45, 2.75) is 147 Å². The molecule has 0 aromatic heterocycles. The summed E-state index contributed by atoms with van der Waals surface area (Å²) >= 11 is 0. The van der Waals surface area contributed by atoms with Gasteiger partial charge in [-0.2, -0.15) is 0 Å². The maximum atomic E-state index is 14.9. The second-order valence-electron chi connectivity index (χ2n) is 20.6. The Kier molecular flexibility index (Phi) is 27.1. The summed E-state index contributed by atoms with van der Waals surface area (Å²) < 4.78 is 38.2. The minimum Gasteiger partial charge on any atom is -0.459 e. The lowest BCUT2D eigenvalue weighted by Crippen LogP contribution is -2.70. The predicted molar refractivity (Wildman–Crippen MR) is 301 cm³/mol. The maximum absolute atomic E-state index is 14.9. The number of oxime groups is 1. The number of amides is 2. The monoisotopic (exact) mass is 1100 g/mol. The Morgan fingerprint density at radius 2 is 1.53 bits per heavy atom. The molecule has 4 N–H and O–H groups in total. The van der Waals surface area contributed by atoms with Gasteiger partial charge in [-0.3, -0.25) is 15.0 Å². The highest BCUT2D eigenvalue weighted by atomic mass is 16.7. The molecule has 0 bridgehead atoms. The molecule has 18 heteroatoms. The zero-order valence-electron chi connectivity index (χ0n) is 46.4. The fourth-order valence-corrected chi connectivity index (χ4v) is 11.3. The van der Waals surface area contributed by atoms with E-state index in [0.717, 1.165) is 42.4 Å². The lowest BCUT2D eigenvalue weighted by molar-refractivity contribution is -0.384. The zero-order chi connectivity index (χ0) is 56.1. The first-order chi connectivity index (χ1) is 38.7. The molecule has 2 amide bonds. The number of ether oxygens (including phenoxy) is 6. The fraction of sp³-hybridized carbons (Fsp3) is 0.590. The number of carbonyl (C=O) groups excluding carboxylic acids is 2. The summed E-state index contributed by atoms with van der Waals surface area (Å²) in [5, 5.41) is 49.1. The Bertz CT molecular complexity index is 2370. The number of aliphatic hydroxyl groups is 3. The summed E-state index contributed by atoms with van der Waals surface area (Å²) in [5.74, 6) is -2.19. The topological polar surface area (TPSA) is 230 Å². The van der Waals surface area contributed by atoms with Crippen LogP contribution in [0, 0.1) is 27.9 Å². The number of aliphatic hydroxyl groups excluding tert-OH is 3. The van der Waals surface area contributed by atoms with E-state index in [1.165, 1.54) is 62.0 Å². The summed E-state index contributed by atoms with van der Waals surface area (Å²) in [7, 11) is 0. The molecular formula is C61H86N4O14. The van der Waals surface area contributed by atoms with Gasteiger partial charge >= 0.3 is 12.2 Å². The highest BCUT2D eigenvalue weighted by Crippen LogP contribution is 2.62. The molecule has 0 spiro atoms. The summed E-state index contributed by atoms with van der Waals surface area (Å²) in [6.45, 7) is 6.90. The summed E-state index contributed by atoms with van der Waals surface area (Å²) in [6.07, 6.45) is 18.3. The number of unbranched alkanes of at least 4 members (excludes halogenated alkanes) is 11. The Labute approximate surface area is 466 Å². The molecule has 3 aromatic carbocycles. The van der Waals surface area contributed by atoms with Crippen molar-refractivity contribution in [3.05, 3.63) is 124 Å². The van der Waals surface area contributed by atoms with Crippen molar-refractivity contribution in [3.63, 3.8) is 0 Å². The molecule has 3 aromatic rings. The van der Waals surface area contributed by atoms with Gasteiger partial charge in [0.1, 0.15) is 30.8 Å². The highest BCUT2D eigenvalue weighted by Gasteiger charge is 2.65. The first-order valence-electron chi connectivity index (χ1n) is 28.8. The molecule has 6 rings (SSSR count). The van der Waals surface area contributed by atoms with Crippen LogP contribution in [0.4, 0.5) is 15.3 Å². The molecule has 1 fully saturated rings. The highest BCUT2D eigenvalue weighted by molar-refractivity contribution is 6.03. The number of hydrogen-bond donors (Lipinski definition) is 4. The van der Waals surface area contributed by atoms with Crippen LogP contribution in [0.25, 0.3) is 0 Å². The predicted octanol–water partition coefficient (Wildman–Crippen LogP) is 11.1. The Hall–Kier alpha value is -5.89. The van der Waals surface area contributed by atoms with Crippen LogP contribution in [0.1, 0.15) is 139 Å². The largest absolute Gasteiger partial charge is 0.459 e. The van der Waals surface area contributed by atoms with Gasteiger partial charge in [-0.05, 0) is 91.0 Å². The van der Waals surface area contributed by atoms with Crippen molar-refractivity contribution in [2.75, 3.05) is 65.9 Å². The van der Waals surface area contributed by atoms with E-state index in [0.29, 0.717) is 68.0 Å². The van der Waals surface area contributed by atoms with E-state index in [1.54, 1.807) is 30.3 Å². The number of rotatable bonds is 38. The summed E-state index contributed by atoms with van der Waals surface area (Å²) in [5.41, 5.74) is 3.59. The van der Waals surface area contributed by atoms with Crippen molar-refractivity contribution >= 4 is 23.6 Å². The molecule has 1 saturated carbocycles. The summed E-state index contributed by atoms with van der Waals surface area (Å²) in [4.78, 5) is 47.1. The van der Waals surface area contributed by atoms with Crippen LogP contribution in [0.5, 0.6) is 11.5 Å². The molecule has 3 aliphatic rings. The van der Waals surface area contributed by atoms with Crippen molar-refractivity contribution in [2.24, 2.45) is 22.9 Å². The first kappa shape index (κ1) is 62.3. The molecule has 0 saturated heterocycles. The third-order valence-electron chi connectivity index (χ3n) is 15.1. The van der Waals surface area contributed by atoms with Crippen LogP contribution >= 0.6 is 0 Å². The Morgan fingerprint density at radius 3 is 2.23 bits per heavy atom. The number of nitro groups is 1. The van der Waals surface area contributed by atoms with E-state index < -0.39 is 40.8 Å². The quantitative estimate of drug-likeness (QED) is 0.0181. The van der Waals surface area contributed by atoms with Crippen molar-refractivity contribution < 1.29 is 63.1 Å². The Morgan fingerprint density at radius 1 is 0.823 bits per heavy atom. The van der Waals surface area contributed by atoms with Gasteiger partial charge in [0.15, 0.2) is 0 Å². The minimum atomic E-state index is -1.64. The van der Waals surface area contributed by atoms with E-state index in [9.17, 15) is 35.0 Å². The van der Waals surface area contributed by atoms with Crippen LogP contribution in [-0.2, 0) is 37.0 Å². The van der Waals surface area contributed by atoms with Gasteiger partial charge in [-0.25, -0.2) is 9.59 Å². The molecule has 79 heavy (non-hydrogen) atoms. The van der Waals surface area contributed by atoms with Crippen LogP contribution in [0.3, 0.4) is 0 Å². The van der Waals surface area contributed by atoms with Gasteiger partial charge in [0.2, 0.25) is 5.79 Å². The second-order valence-corrected chi connectivity index (χ2v) is 20.6. The van der Waals surface area contributed by atoms with Crippen LogP contribution in [0.2, 0.25) is 0 Å². The van der Waals surface area contributed by atoms with Gasteiger partial charge in [0, 0.05) is 56.3 Å². The number of non-ortho nitro benzene ring substituents is 1. The van der Waals surface area contributed by atoms with Crippen molar-refractivity contribution in [1.82, 2.24) is 10.2 Å².